The lowest BCUT2D eigenvalue weighted by molar-refractivity contribution is 0.0693. The Hall–Kier alpha value is -10.9. The largest absolute Gasteiger partial charge is 0.497 e. The highest BCUT2D eigenvalue weighted by Gasteiger charge is 2.29. The van der Waals surface area contributed by atoms with Gasteiger partial charge in [0.25, 0.3) is 5.91 Å². The van der Waals surface area contributed by atoms with Crippen LogP contribution in [0.15, 0.2) is 168 Å². The van der Waals surface area contributed by atoms with E-state index in [9.17, 15) is 28.0 Å². The molecule has 2 aliphatic carbocycles. The van der Waals surface area contributed by atoms with Crippen LogP contribution in [0, 0.1) is 11.6 Å². The topological polar surface area (TPSA) is 301 Å². The lowest BCUT2D eigenvalue weighted by Crippen LogP contribution is -2.26. The highest BCUT2D eigenvalue weighted by atomic mass is 35.5. The van der Waals surface area contributed by atoms with Gasteiger partial charge in [-0.05, 0) is 110 Å². The number of pyridine rings is 2. The standard InChI is InChI=1S/C31H25ClFN7O4.C17H16ClN5O2.C14H11FN2O3/c1-43-23-10-2-18(3-11-23)14-35-29-26(32)25(12-13-34-29)44-31-36-15-21(16-37-31)38-30(42)24-17-40(22-8-9-22)39-27(28(24)41)19-4-6-20(33)7-5-19;1-24-13-4-2-11(3-5-13)8-21-16-15(18)14(6-7-20-16)25-17-22-9-12(19)10-23-17;15-9-3-1-8(2-4-9)12-13(18)11(14(19)20)7-17(16-12)10-5-6-10/h2-7,10-13,15-17,22H,8-9,14H2,1H3,(H,34,35)(H,38,42);2-7,9-10H,8,19H2,1H3,(H,20,21);1-4,7,10H,5-6H2,(H,19,20). The number of nitrogens with one attached hydrogen (secondary N) is 3. The van der Waals surface area contributed by atoms with Crippen molar-refractivity contribution in [2.75, 3.05) is 35.9 Å². The Morgan fingerprint density at radius 2 is 0.989 bits per heavy atom. The number of carboxylic acid groups (broad SMARTS) is 1. The van der Waals surface area contributed by atoms with Crippen molar-refractivity contribution in [2.24, 2.45) is 0 Å². The molecule has 10 aromatic rings. The van der Waals surface area contributed by atoms with Gasteiger partial charge in [0.2, 0.25) is 10.9 Å². The summed E-state index contributed by atoms with van der Waals surface area (Å²) in [5.41, 5.74) is 7.59. The minimum Gasteiger partial charge on any atom is -0.497 e. The monoisotopic (exact) mass is 1240 g/mol. The molecule has 2 aliphatic rings. The number of anilines is 4. The average molecular weight is 1250 g/mol. The Morgan fingerprint density at radius 3 is 1.39 bits per heavy atom. The van der Waals surface area contributed by atoms with Gasteiger partial charge >= 0.3 is 18.0 Å². The van der Waals surface area contributed by atoms with Crippen LogP contribution >= 0.6 is 23.2 Å². The second-order valence-electron chi connectivity index (χ2n) is 19.7. The molecular weight excluding hydrogens is 1190 g/mol. The van der Waals surface area contributed by atoms with Crippen LogP contribution in [0.1, 0.15) is 69.6 Å². The lowest BCUT2D eigenvalue weighted by atomic mass is 10.1. The Kier molecular flexibility index (Phi) is 19.3. The molecule has 0 saturated heterocycles. The number of carboxylic acids is 1. The van der Waals surface area contributed by atoms with Gasteiger partial charge in [0.15, 0.2) is 11.5 Å². The van der Waals surface area contributed by atoms with Crippen molar-refractivity contribution < 1.29 is 42.4 Å². The number of nitrogen functional groups attached to an aromatic ring is 1. The molecule has 6 heterocycles. The van der Waals surface area contributed by atoms with Gasteiger partial charge in [-0.1, -0.05) is 47.5 Å². The number of ether oxygens (including phenoxy) is 4. The fraction of sp³-hybridized carbons (Fsp3) is 0.161. The summed E-state index contributed by atoms with van der Waals surface area (Å²) in [6, 6.07) is 29.5. The molecule has 0 radical (unpaired) electrons. The number of aromatic carboxylic acids is 1. The van der Waals surface area contributed by atoms with Crippen LogP contribution < -0.4 is 51.5 Å². The molecule has 0 unspecified atom stereocenters. The second kappa shape index (κ2) is 28.1. The zero-order valence-corrected chi connectivity index (χ0v) is 48.7. The number of hydrogen-bond donors (Lipinski definition) is 5. The van der Waals surface area contributed by atoms with E-state index in [2.05, 4.69) is 56.1 Å². The van der Waals surface area contributed by atoms with E-state index in [4.69, 9.17) is 53.0 Å². The smallest absolute Gasteiger partial charge is 0.341 e. The van der Waals surface area contributed by atoms with Gasteiger partial charge in [-0.25, -0.2) is 43.5 Å². The predicted molar refractivity (Wildman–Crippen MR) is 327 cm³/mol. The molecule has 1 amide bonds. The summed E-state index contributed by atoms with van der Waals surface area (Å²) < 4.78 is 51.2. The van der Waals surface area contributed by atoms with E-state index in [1.807, 2.05) is 48.5 Å². The minimum atomic E-state index is -1.28. The van der Waals surface area contributed by atoms with Gasteiger partial charge in [0, 0.05) is 61.1 Å². The molecule has 4 aromatic carbocycles. The number of hydrogen-bond acceptors (Lipinski definition) is 19. The highest BCUT2D eigenvalue weighted by molar-refractivity contribution is 6.34. The molecule has 27 heteroatoms. The SMILES string of the molecule is COc1ccc(CNc2nccc(Oc3ncc(N)cn3)c2Cl)cc1.COc1ccc(CNc2nccc(Oc3ncc(NC(=O)c4cn(C5CC5)nc(-c5ccc(F)cc5)c4=O)cn3)c2Cl)cc1.O=C(O)c1cn(C2CC2)nc(-c2ccc(F)cc2)c1=O. The van der Waals surface area contributed by atoms with E-state index in [0.717, 1.165) is 48.3 Å². The maximum Gasteiger partial charge on any atom is 0.341 e. The first-order chi connectivity index (χ1) is 43.1. The summed E-state index contributed by atoms with van der Waals surface area (Å²) in [6.45, 7) is 1.03. The maximum atomic E-state index is 13.5. The first kappa shape index (κ1) is 61.2. The molecule has 0 aliphatic heterocycles. The number of benzene rings is 4. The van der Waals surface area contributed by atoms with E-state index >= 15 is 0 Å². The summed E-state index contributed by atoms with van der Waals surface area (Å²) in [4.78, 5) is 74.5. The van der Waals surface area contributed by atoms with E-state index in [1.54, 1.807) is 37.2 Å². The Balaban J connectivity index is 0.000000163. The number of halogens is 4. The average Bonchev–Trinajstić information content (AvgIpc) is 2.48. The van der Waals surface area contributed by atoms with Crippen molar-refractivity contribution in [3.05, 3.63) is 223 Å². The molecule has 2 saturated carbocycles. The molecule has 23 nitrogen and oxygen atoms in total. The Morgan fingerprint density at radius 1 is 0.584 bits per heavy atom. The molecule has 6 aromatic heterocycles. The van der Waals surface area contributed by atoms with Gasteiger partial charge in [0.1, 0.15) is 67.3 Å². The van der Waals surface area contributed by atoms with Crippen LogP contribution in [0.3, 0.4) is 0 Å². The maximum absolute atomic E-state index is 13.5. The van der Waals surface area contributed by atoms with Gasteiger partial charge in [-0.2, -0.15) is 10.2 Å². The van der Waals surface area contributed by atoms with Crippen LogP contribution in [-0.4, -0.2) is 80.7 Å². The fourth-order valence-electron chi connectivity index (χ4n) is 8.30. The van der Waals surface area contributed by atoms with E-state index in [-0.39, 0.29) is 63.1 Å². The number of nitrogens with two attached hydrogens (primary N) is 1. The summed E-state index contributed by atoms with van der Waals surface area (Å²) in [7, 11) is 3.24. The molecule has 6 N–H and O–H groups in total. The van der Waals surface area contributed by atoms with Crippen LogP contribution in [0.5, 0.6) is 35.0 Å². The van der Waals surface area contributed by atoms with E-state index < -0.39 is 34.4 Å². The summed E-state index contributed by atoms with van der Waals surface area (Å²) in [6.07, 6.45) is 15.1. The number of methoxy groups -OCH3 is 2. The second-order valence-corrected chi connectivity index (χ2v) is 20.5. The third-order valence-electron chi connectivity index (χ3n) is 13.3. The number of amides is 1. The summed E-state index contributed by atoms with van der Waals surface area (Å²) in [5, 5.41) is 27.3. The number of carbonyl (C=O) groups is 2. The van der Waals surface area contributed by atoms with Crippen molar-refractivity contribution in [2.45, 2.75) is 50.9 Å². The first-order valence-corrected chi connectivity index (χ1v) is 28.0. The highest BCUT2D eigenvalue weighted by Crippen LogP contribution is 2.37. The number of rotatable bonds is 19. The molecule has 0 bridgehead atoms. The zero-order valence-electron chi connectivity index (χ0n) is 47.2. The van der Waals surface area contributed by atoms with Crippen molar-refractivity contribution in [1.82, 2.24) is 49.5 Å². The quantitative estimate of drug-likeness (QED) is 0.0502. The van der Waals surface area contributed by atoms with Crippen molar-refractivity contribution in [3.63, 3.8) is 0 Å². The van der Waals surface area contributed by atoms with Gasteiger partial charge in [-0.15, -0.1) is 0 Å². The third kappa shape index (κ3) is 15.9. The predicted octanol–water partition coefficient (Wildman–Crippen LogP) is 11.5. The molecule has 2 fully saturated rings. The Labute approximate surface area is 515 Å². The number of carbonyl (C=O) groups excluding carboxylic acids is 1. The van der Waals surface area contributed by atoms with Crippen molar-refractivity contribution >= 4 is 58.1 Å². The van der Waals surface area contributed by atoms with Gasteiger partial charge < -0.3 is 45.7 Å². The molecule has 89 heavy (non-hydrogen) atoms. The Bertz CT molecular complexity index is 4260. The molecular formula is C62H52Cl2F2N14O9. The van der Waals surface area contributed by atoms with E-state index in [0.29, 0.717) is 52.3 Å². The number of nitrogens with zero attached hydrogens (tertiary/aromatic N) is 10. The van der Waals surface area contributed by atoms with Gasteiger partial charge in [-0.3, -0.25) is 23.7 Å². The third-order valence-corrected chi connectivity index (χ3v) is 14.0. The zero-order chi connectivity index (χ0) is 62.6. The van der Waals surface area contributed by atoms with Crippen LogP contribution in [0.4, 0.5) is 31.8 Å². The van der Waals surface area contributed by atoms with E-state index in [1.165, 1.54) is 96.6 Å². The summed E-state index contributed by atoms with van der Waals surface area (Å²) >= 11 is 12.9. The number of aromatic nitrogens is 10. The van der Waals surface area contributed by atoms with Crippen molar-refractivity contribution in [3.8, 4) is 57.5 Å². The van der Waals surface area contributed by atoms with Crippen LogP contribution in [0.2, 0.25) is 10.0 Å². The normalized spacial score (nSPS) is 12.2. The molecule has 0 atom stereocenters. The fourth-order valence-corrected chi connectivity index (χ4v) is 8.73. The van der Waals surface area contributed by atoms with Crippen LogP contribution in [-0.2, 0) is 13.1 Å². The van der Waals surface area contributed by atoms with Crippen molar-refractivity contribution in [1.29, 1.82) is 0 Å². The lowest BCUT2D eigenvalue weighted by Gasteiger charge is -2.12. The molecule has 0 spiro atoms. The van der Waals surface area contributed by atoms with Gasteiger partial charge in [0.05, 0.1) is 62.5 Å². The summed E-state index contributed by atoms with van der Waals surface area (Å²) in [5.74, 6) is 0.363. The van der Waals surface area contributed by atoms with Crippen LogP contribution in [0.25, 0.3) is 22.5 Å². The molecule has 12 rings (SSSR count). The molecule has 452 valence electrons. The first-order valence-electron chi connectivity index (χ1n) is 27.2. The minimum absolute atomic E-state index is 0.0178.